The van der Waals surface area contributed by atoms with Gasteiger partial charge in [0.15, 0.2) is 0 Å². The molecule has 0 saturated heterocycles. The second-order valence-corrected chi connectivity index (χ2v) is 7.03. The van der Waals surface area contributed by atoms with Gasteiger partial charge in [0.25, 0.3) is 5.91 Å². The van der Waals surface area contributed by atoms with Crippen molar-refractivity contribution in [2.24, 2.45) is 0 Å². The summed E-state index contributed by atoms with van der Waals surface area (Å²) in [6.07, 6.45) is 5.70. The fraction of sp³-hybridized carbons (Fsp3) is 0.0870. The summed E-state index contributed by atoms with van der Waals surface area (Å²) in [5, 5.41) is 2.94. The first-order valence-corrected chi connectivity index (χ1v) is 9.42. The summed E-state index contributed by atoms with van der Waals surface area (Å²) < 4.78 is 3.97. The van der Waals surface area contributed by atoms with Crippen LogP contribution in [0.15, 0.2) is 79.4 Å². The molecular formula is C23H19N5O. The monoisotopic (exact) mass is 381 g/mol. The molecule has 0 bridgehead atoms. The van der Waals surface area contributed by atoms with Crippen LogP contribution < -0.4 is 5.32 Å². The summed E-state index contributed by atoms with van der Waals surface area (Å²) in [6, 6.07) is 19.5. The minimum absolute atomic E-state index is 0.125. The number of rotatable bonds is 4. The van der Waals surface area contributed by atoms with Gasteiger partial charge in [-0.15, -0.1) is 0 Å². The number of imidazole rings is 2. The van der Waals surface area contributed by atoms with E-state index in [1.807, 2.05) is 88.9 Å². The zero-order valence-electron chi connectivity index (χ0n) is 15.9. The second-order valence-electron chi connectivity index (χ2n) is 7.03. The predicted octanol–water partition coefficient (Wildman–Crippen LogP) is 3.91. The first-order valence-electron chi connectivity index (χ1n) is 9.42. The van der Waals surface area contributed by atoms with Gasteiger partial charge in [0.2, 0.25) is 0 Å². The largest absolute Gasteiger partial charge is 0.346 e. The number of aryl methyl sites for hydroxylation is 1. The van der Waals surface area contributed by atoms with E-state index < -0.39 is 0 Å². The van der Waals surface area contributed by atoms with E-state index in [9.17, 15) is 4.79 Å². The summed E-state index contributed by atoms with van der Waals surface area (Å²) >= 11 is 0. The molecule has 3 heterocycles. The van der Waals surface area contributed by atoms with E-state index in [1.165, 1.54) is 0 Å². The summed E-state index contributed by atoms with van der Waals surface area (Å²) in [5.74, 6) is -0.125. The molecule has 29 heavy (non-hydrogen) atoms. The van der Waals surface area contributed by atoms with E-state index in [0.29, 0.717) is 12.1 Å². The van der Waals surface area contributed by atoms with Crippen LogP contribution in [0.1, 0.15) is 21.6 Å². The SMILES string of the molecule is Cc1ccn2cc(CNC(=O)c3ccc(-n4cnc5ccccc54)cc3)nc2c1. The van der Waals surface area contributed by atoms with Crippen molar-refractivity contribution in [3.8, 4) is 5.69 Å². The summed E-state index contributed by atoms with van der Waals surface area (Å²) in [7, 11) is 0. The highest BCUT2D eigenvalue weighted by molar-refractivity contribution is 5.94. The average molecular weight is 381 g/mol. The molecule has 0 atom stereocenters. The van der Waals surface area contributed by atoms with Crippen LogP contribution in [0.2, 0.25) is 0 Å². The lowest BCUT2D eigenvalue weighted by atomic mass is 10.2. The van der Waals surface area contributed by atoms with E-state index in [-0.39, 0.29) is 5.91 Å². The third-order valence-corrected chi connectivity index (χ3v) is 4.96. The average Bonchev–Trinajstić information content (AvgIpc) is 3.35. The van der Waals surface area contributed by atoms with Gasteiger partial charge in [-0.05, 0) is 61.0 Å². The second kappa shape index (κ2) is 6.91. The van der Waals surface area contributed by atoms with E-state index in [4.69, 9.17) is 0 Å². The number of nitrogens with one attached hydrogen (secondary N) is 1. The zero-order chi connectivity index (χ0) is 19.8. The van der Waals surface area contributed by atoms with Crippen LogP contribution >= 0.6 is 0 Å². The first kappa shape index (κ1) is 17.2. The van der Waals surface area contributed by atoms with Crippen molar-refractivity contribution in [3.63, 3.8) is 0 Å². The molecule has 0 unspecified atom stereocenters. The quantitative estimate of drug-likeness (QED) is 0.513. The van der Waals surface area contributed by atoms with Gasteiger partial charge in [-0.25, -0.2) is 9.97 Å². The number of hydrogen-bond donors (Lipinski definition) is 1. The van der Waals surface area contributed by atoms with Crippen LogP contribution in [-0.2, 0) is 6.54 Å². The molecule has 0 aliphatic heterocycles. The van der Waals surface area contributed by atoms with E-state index in [1.54, 1.807) is 6.33 Å². The number of fused-ring (bicyclic) bond motifs is 2. The number of aromatic nitrogens is 4. The number of para-hydroxylation sites is 2. The van der Waals surface area contributed by atoms with Crippen molar-refractivity contribution in [1.82, 2.24) is 24.3 Å². The Morgan fingerprint density at radius 2 is 1.90 bits per heavy atom. The standard InChI is InChI=1S/C23H19N5O/c1-16-10-11-27-14-18(26-22(27)12-16)13-24-23(29)17-6-8-19(9-7-17)28-15-25-20-4-2-3-5-21(20)28/h2-12,14-15H,13H2,1H3,(H,24,29). The Morgan fingerprint density at radius 1 is 1.07 bits per heavy atom. The fourth-order valence-corrected chi connectivity index (χ4v) is 3.43. The highest BCUT2D eigenvalue weighted by Crippen LogP contribution is 2.18. The topological polar surface area (TPSA) is 64.2 Å². The van der Waals surface area contributed by atoms with Crippen molar-refractivity contribution in [2.75, 3.05) is 0 Å². The number of carbonyl (C=O) groups excluding carboxylic acids is 1. The fourth-order valence-electron chi connectivity index (χ4n) is 3.43. The van der Waals surface area contributed by atoms with Crippen LogP contribution in [0.3, 0.4) is 0 Å². The van der Waals surface area contributed by atoms with Gasteiger partial charge in [-0.2, -0.15) is 0 Å². The van der Waals surface area contributed by atoms with Crippen LogP contribution in [0, 0.1) is 6.92 Å². The maximum atomic E-state index is 12.5. The molecule has 2 aromatic carbocycles. The maximum absolute atomic E-state index is 12.5. The van der Waals surface area contributed by atoms with Gasteiger partial charge in [0, 0.05) is 23.6 Å². The smallest absolute Gasteiger partial charge is 0.251 e. The Kier molecular flexibility index (Phi) is 4.09. The van der Waals surface area contributed by atoms with E-state index in [2.05, 4.69) is 15.3 Å². The molecule has 6 heteroatoms. The van der Waals surface area contributed by atoms with Gasteiger partial charge < -0.3 is 9.72 Å². The molecule has 5 rings (SSSR count). The lowest BCUT2D eigenvalue weighted by Gasteiger charge is -2.07. The summed E-state index contributed by atoms with van der Waals surface area (Å²) in [4.78, 5) is 21.5. The number of benzene rings is 2. The normalized spacial score (nSPS) is 11.2. The molecule has 0 saturated carbocycles. The molecule has 142 valence electrons. The molecule has 0 fully saturated rings. The number of nitrogens with zero attached hydrogens (tertiary/aromatic N) is 4. The molecule has 0 radical (unpaired) electrons. The third kappa shape index (κ3) is 3.25. The number of pyridine rings is 1. The van der Waals surface area contributed by atoms with E-state index >= 15 is 0 Å². The molecule has 1 N–H and O–H groups in total. The van der Waals surface area contributed by atoms with Crippen molar-refractivity contribution in [1.29, 1.82) is 0 Å². The third-order valence-electron chi connectivity index (χ3n) is 4.96. The molecule has 0 aliphatic rings. The minimum Gasteiger partial charge on any atom is -0.346 e. The lowest BCUT2D eigenvalue weighted by molar-refractivity contribution is 0.0950. The molecular weight excluding hydrogens is 362 g/mol. The van der Waals surface area contributed by atoms with Crippen molar-refractivity contribution >= 4 is 22.6 Å². The summed E-state index contributed by atoms with van der Waals surface area (Å²) in [5.41, 5.74) is 6.41. The van der Waals surface area contributed by atoms with Crippen molar-refractivity contribution in [3.05, 3.63) is 96.2 Å². The molecule has 1 amide bonds. The van der Waals surface area contributed by atoms with Crippen LogP contribution in [0.4, 0.5) is 0 Å². The Morgan fingerprint density at radius 3 is 2.76 bits per heavy atom. The van der Waals surface area contributed by atoms with Gasteiger partial charge in [-0.1, -0.05) is 12.1 Å². The number of hydrogen-bond acceptors (Lipinski definition) is 3. The maximum Gasteiger partial charge on any atom is 0.251 e. The Balaban J connectivity index is 1.31. The molecule has 0 spiro atoms. The van der Waals surface area contributed by atoms with Crippen LogP contribution in [-0.4, -0.2) is 24.8 Å². The predicted molar refractivity (Wildman–Crippen MR) is 112 cm³/mol. The van der Waals surface area contributed by atoms with Crippen LogP contribution in [0.25, 0.3) is 22.4 Å². The lowest BCUT2D eigenvalue weighted by Crippen LogP contribution is -2.22. The number of amides is 1. The Labute approximate surface area is 167 Å². The highest BCUT2D eigenvalue weighted by atomic mass is 16.1. The first-order chi connectivity index (χ1) is 14.2. The summed E-state index contributed by atoms with van der Waals surface area (Å²) in [6.45, 7) is 2.42. The molecule has 5 aromatic rings. The molecule has 6 nitrogen and oxygen atoms in total. The van der Waals surface area contributed by atoms with Gasteiger partial charge in [0.1, 0.15) is 12.0 Å². The van der Waals surface area contributed by atoms with Gasteiger partial charge in [-0.3, -0.25) is 9.36 Å². The van der Waals surface area contributed by atoms with E-state index in [0.717, 1.165) is 33.6 Å². The van der Waals surface area contributed by atoms with Crippen molar-refractivity contribution < 1.29 is 4.79 Å². The molecule has 0 aliphatic carbocycles. The zero-order valence-corrected chi connectivity index (χ0v) is 15.9. The van der Waals surface area contributed by atoms with Gasteiger partial charge >= 0.3 is 0 Å². The Bertz CT molecular complexity index is 1330. The minimum atomic E-state index is -0.125. The Hall–Kier alpha value is -3.93. The van der Waals surface area contributed by atoms with Crippen molar-refractivity contribution in [2.45, 2.75) is 13.5 Å². The number of carbonyl (C=O) groups is 1. The molecule has 3 aromatic heterocycles. The highest BCUT2D eigenvalue weighted by Gasteiger charge is 2.09. The van der Waals surface area contributed by atoms with Crippen LogP contribution in [0.5, 0.6) is 0 Å². The van der Waals surface area contributed by atoms with Gasteiger partial charge in [0.05, 0.1) is 23.3 Å².